The minimum Gasteiger partial charge on any atom is -0.393 e. The van der Waals surface area contributed by atoms with Crippen molar-refractivity contribution in [3.05, 3.63) is 0 Å². The Kier molecular flexibility index (Phi) is 3.59. The molecule has 0 radical (unpaired) electrons. The molecular formula is C12H24O2. The first-order valence-electron chi connectivity index (χ1n) is 5.58. The van der Waals surface area contributed by atoms with E-state index >= 15 is 0 Å². The van der Waals surface area contributed by atoms with Gasteiger partial charge >= 0.3 is 0 Å². The molecule has 0 unspecified atom stereocenters. The third-order valence-corrected chi connectivity index (χ3v) is 3.92. The second-order valence-corrected chi connectivity index (χ2v) is 5.69. The number of hydrogen-bond acceptors (Lipinski definition) is 2. The van der Waals surface area contributed by atoms with Crippen LogP contribution in [0.15, 0.2) is 0 Å². The predicted octanol–water partition coefficient (Wildman–Crippen LogP) is 2.60. The van der Waals surface area contributed by atoms with Crippen molar-refractivity contribution in [3.63, 3.8) is 0 Å². The van der Waals surface area contributed by atoms with Gasteiger partial charge in [-0.25, -0.2) is 0 Å². The van der Waals surface area contributed by atoms with Crippen LogP contribution in [0.5, 0.6) is 0 Å². The lowest BCUT2D eigenvalue weighted by Gasteiger charge is -2.48. The van der Waals surface area contributed by atoms with Gasteiger partial charge in [0, 0.05) is 7.11 Å². The first-order chi connectivity index (χ1) is 6.41. The fourth-order valence-electron chi connectivity index (χ4n) is 2.54. The van der Waals surface area contributed by atoms with Crippen LogP contribution in [0.3, 0.4) is 0 Å². The monoisotopic (exact) mass is 200 g/mol. The molecule has 0 aliphatic heterocycles. The lowest BCUT2D eigenvalue weighted by Crippen LogP contribution is -2.43. The van der Waals surface area contributed by atoms with Gasteiger partial charge in [0.2, 0.25) is 0 Å². The third kappa shape index (κ3) is 2.29. The Bertz CT molecular complexity index is 173. The van der Waals surface area contributed by atoms with Crippen molar-refractivity contribution in [1.82, 2.24) is 0 Å². The van der Waals surface area contributed by atoms with Gasteiger partial charge in [-0.05, 0) is 36.5 Å². The maximum atomic E-state index is 9.53. The van der Waals surface area contributed by atoms with Crippen LogP contribution >= 0.6 is 0 Å². The molecule has 0 aromatic carbocycles. The van der Waals surface area contributed by atoms with Crippen molar-refractivity contribution in [2.75, 3.05) is 13.7 Å². The molecule has 0 atom stereocenters. The van der Waals surface area contributed by atoms with Crippen molar-refractivity contribution in [1.29, 1.82) is 0 Å². The summed E-state index contributed by atoms with van der Waals surface area (Å²) in [5, 5.41) is 9.53. The molecule has 0 saturated heterocycles. The van der Waals surface area contributed by atoms with Crippen molar-refractivity contribution in [2.45, 2.75) is 52.6 Å². The predicted molar refractivity (Wildman–Crippen MR) is 58.2 cm³/mol. The quantitative estimate of drug-likeness (QED) is 0.742. The van der Waals surface area contributed by atoms with E-state index in [1.807, 2.05) is 0 Å². The van der Waals surface area contributed by atoms with E-state index < -0.39 is 0 Å². The molecule has 1 aliphatic rings. The van der Waals surface area contributed by atoms with E-state index in [1.54, 1.807) is 7.11 Å². The zero-order chi connectivity index (χ0) is 10.8. The SMILES string of the molecule is COC[C@]1(C(C)(C)C)CC[C@H](O)CC1. The highest BCUT2D eigenvalue weighted by atomic mass is 16.5. The number of rotatable bonds is 2. The molecule has 1 saturated carbocycles. The van der Waals surface area contributed by atoms with Gasteiger partial charge < -0.3 is 9.84 Å². The Morgan fingerprint density at radius 1 is 1.29 bits per heavy atom. The first-order valence-corrected chi connectivity index (χ1v) is 5.58. The highest BCUT2D eigenvalue weighted by Gasteiger charge is 2.43. The van der Waals surface area contributed by atoms with Gasteiger partial charge in [0.15, 0.2) is 0 Å². The summed E-state index contributed by atoms with van der Waals surface area (Å²) in [6.45, 7) is 7.67. The lowest BCUT2D eigenvalue weighted by atomic mass is 9.59. The smallest absolute Gasteiger partial charge is 0.0540 e. The number of aliphatic hydroxyl groups excluding tert-OH is 1. The van der Waals surface area contributed by atoms with Crippen LogP contribution in [-0.4, -0.2) is 24.9 Å². The van der Waals surface area contributed by atoms with E-state index in [0.717, 1.165) is 32.3 Å². The fourth-order valence-corrected chi connectivity index (χ4v) is 2.54. The maximum Gasteiger partial charge on any atom is 0.0540 e. The summed E-state index contributed by atoms with van der Waals surface area (Å²) in [7, 11) is 1.78. The molecule has 2 nitrogen and oxygen atoms in total. The van der Waals surface area contributed by atoms with E-state index in [9.17, 15) is 5.11 Å². The van der Waals surface area contributed by atoms with Crippen LogP contribution in [-0.2, 0) is 4.74 Å². The van der Waals surface area contributed by atoms with E-state index in [4.69, 9.17) is 4.74 Å². The van der Waals surface area contributed by atoms with E-state index in [-0.39, 0.29) is 16.9 Å². The van der Waals surface area contributed by atoms with Crippen LogP contribution in [0.2, 0.25) is 0 Å². The summed E-state index contributed by atoms with van der Waals surface area (Å²) in [6.07, 6.45) is 3.96. The van der Waals surface area contributed by atoms with Gasteiger partial charge in [0.1, 0.15) is 0 Å². The molecule has 1 aliphatic carbocycles. The average molecular weight is 200 g/mol. The molecule has 14 heavy (non-hydrogen) atoms. The number of methoxy groups -OCH3 is 1. The highest BCUT2D eigenvalue weighted by molar-refractivity contribution is 4.94. The summed E-state index contributed by atoms with van der Waals surface area (Å²) in [4.78, 5) is 0. The van der Waals surface area contributed by atoms with Gasteiger partial charge in [0.05, 0.1) is 12.7 Å². The summed E-state index contributed by atoms with van der Waals surface area (Å²) in [5.74, 6) is 0. The second-order valence-electron chi connectivity index (χ2n) is 5.69. The van der Waals surface area contributed by atoms with E-state index in [1.165, 1.54) is 0 Å². The summed E-state index contributed by atoms with van der Waals surface area (Å²) >= 11 is 0. The van der Waals surface area contributed by atoms with Crippen molar-refractivity contribution in [3.8, 4) is 0 Å². The van der Waals surface area contributed by atoms with Crippen molar-refractivity contribution >= 4 is 0 Å². The Morgan fingerprint density at radius 2 is 1.79 bits per heavy atom. The molecule has 84 valence electrons. The molecule has 0 aromatic heterocycles. The molecule has 2 heteroatoms. The third-order valence-electron chi connectivity index (χ3n) is 3.92. The average Bonchev–Trinajstić information content (AvgIpc) is 2.07. The Hall–Kier alpha value is -0.0800. The molecule has 0 spiro atoms. The van der Waals surface area contributed by atoms with Crippen LogP contribution in [0.25, 0.3) is 0 Å². The Morgan fingerprint density at radius 3 is 2.14 bits per heavy atom. The molecule has 1 N–H and O–H groups in total. The minimum atomic E-state index is -0.0812. The molecule has 0 heterocycles. The standard InChI is InChI=1S/C12H24O2/c1-11(2,3)12(9-14-4)7-5-10(13)6-8-12/h10,13H,5-9H2,1-4H3/t10-,12-. The van der Waals surface area contributed by atoms with Crippen molar-refractivity contribution < 1.29 is 9.84 Å². The largest absolute Gasteiger partial charge is 0.393 e. The highest BCUT2D eigenvalue weighted by Crippen LogP contribution is 2.49. The second kappa shape index (κ2) is 4.19. The molecule has 0 amide bonds. The zero-order valence-corrected chi connectivity index (χ0v) is 9.97. The maximum absolute atomic E-state index is 9.53. The van der Waals surface area contributed by atoms with Gasteiger partial charge in [0.25, 0.3) is 0 Å². The fraction of sp³-hybridized carbons (Fsp3) is 1.00. The zero-order valence-electron chi connectivity index (χ0n) is 9.97. The minimum absolute atomic E-state index is 0.0812. The molecule has 1 rings (SSSR count). The topological polar surface area (TPSA) is 29.5 Å². The van der Waals surface area contributed by atoms with Crippen LogP contribution < -0.4 is 0 Å². The number of ether oxygens (including phenoxy) is 1. The van der Waals surface area contributed by atoms with E-state index in [2.05, 4.69) is 20.8 Å². The van der Waals surface area contributed by atoms with Gasteiger partial charge in [-0.15, -0.1) is 0 Å². The van der Waals surface area contributed by atoms with Gasteiger partial charge in [-0.2, -0.15) is 0 Å². The summed E-state index contributed by atoms with van der Waals surface area (Å²) < 4.78 is 5.36. The van der Waals surface area contributed by atoms with Gasteiger partial charge in [-0.3, -0.25) is 0 Å². The lowest BCUT2D eigenvalue weighted by molar-refractivity contribution is -0.0597. The number of hydrogen-bond donors (Lipinski definition) is 1. The molecular weight excluding hydrogens is 176 g/mol. The Labute approximate surface area is 87.7 Å². The molecule has 0 bridgehead atoms. The molecule has 1 fully saturated rings. The van der Waals surface area contributed by atoms with Crippen molar-refractivity contribution in [2.24, 2.45) is 10.8 Å². The van der Waals surface area contributed by atoms with Gasteiger partial charge in [-0.1, -0.05) is 20.8 Å². The van der Waals surface area contributed by atoms with E-state index in [0.29, 0.717) is 0 Å². The summed E-state index contributed by atoms with van der Waals surface area (Å²) in [5.41, 5.74) is 0.532. The number of aliphatic hydroxyl groups is 1. The first kappa shape index (κ1) is 12.0. The van der Waals surface area contributed by atoms with Crippen LogP contribution in [0.1, 0.15) is 46.5 Å². The van der Waals surface area contributed by atoms with Crippen LogP contribution in [0.4, 0.5) is 0 Å². The van der Waals surface area contributed by atoms with Crippen LogP contribution in [0, 0.1) is 10.8 Å². The Balaban J connectivity index is 2.73. The normalized spacial score (nSPS) is 34.5. The summed E-state index contributed by atoms with van der Waals surface area (Å²) in [6, 6.07) is 0. The molecule has 0 aromatic rings.